The summed E-state index contributed by atoms with van der Waals surface area (Å²) in [5.74, 6) is 0.974. The zero-order chi connectivity index (χ0) is 33.1. The van der Waals surface area contributed by atoms with E-state index in [-0.39, 0.29) is 18.2 Å². The second-order valence-corrected chi connectivity index (χ2v) is 12.2. The SMILES string of the molecule is Cn1ccnc1CNCCc1cccc(OC(C(Cl)CN(Cc2ccccc2)CC(c2ccccc2)c2ccccc2)C(F)(F)F)c1. The Morgan fingerprint density at radius 2 is 1.45 bits per heavy atom. The van der Waals surface area contributed by atoms with E-state index in [2.05, 4.69) is 34.6 Å². The third kappa shape index (κ3) is 10.2. The molecule has 2 atom stereocenters. The number of imidazole rings is 1. The van der Waals surface area contributed by atoms with Crippen LogP contribution in [0.25, 0.3) is 0 Å². The van der Waals surface area contributed by atoms with E-state index >= 15 is 0 Å². The topological polar surface area (TPSA) is 42.3 Å². The Labute approximate surface area is 280 Å². The summed E-state index contributed by atoms with van der Waals surface area (Å²) >= 11 is 6.72. The lowest BCUT2D eigenvalue weighted by molar-refractivity contribution is -0.196. The fourth-order valence-corrected chi connectivity index (χ4v) is 6.08. The number of aryl methyl sites for hydroxylation is 1. The highest BCUT2D eigenvalue weighted by Gasteiger charge is 2.47. The molecule has 4 aromatic carbocycles. The zero-order valence-corrected chi connectivity index (χ0v) is 27.1. The normalized spacial score (nSPS) is 13.2. The number of nitrogens with one attached hydrogen (secondary N) is 1. The van der Waals surface area contributed by atoms with Crippen LogP contribution in [0.5, 0.6) is 5.75 Å². The minimum atomic E-state index is -4.68. The number of nitrogens with zero attached hydrogens (tertiary/aromatic N) is 3. The maximum Gasteiger partial charge on any atom is 0.426 e. The molecular formula is C38H40ClF3N4O. The van der Waals surface area contributed by atoms with Crippen molar-refractivity contribution in [3.63, 3.8) is 0 Å². The molecule has 0 amide bonds. The van der Waals surface area contributed by atoms with Gasteiger partial charge in [-0.3, -0.25) is 4.90 Å². The van der Waals surface area contributed by atoms with Crippen molar-refractivity contribution in [2.75, 3.05) is 19.6 Å². The molecule has 1 aromatic heterocycles. The molecule has 2 unspecified atom stereocenters. The molecule has 0 bridgehead atoms. The van der Waals surface area contributed by atoms with Gasteiger partial charge in [0, 0.05) is 45.0 Å². The van der Waals surface area contributed by atoms with Crippen LogP contribution in [0, 0.1) is 0 Å². The summed E-state index contributed by atoms with van der Waals surface area (Å²) in [5.41, 5.74) is 4.02. The summed E-state index contributed by atoms with van der Waals surface area (Å²) in [7, 11) is 1.93. The number of alkyl halides is 4. The fraction of sp³-hybridized carbons (Fsp3) is 0.289. The van der Waals surface area contributed by atoms with Gasteiger partial charge in [0.2, 0.25) is 6.10 Å². The van der Waals surface area contributed by atoms with Gasteiger partial charge in [0.15, 0.2) is 0 Å². The van der Waals surface area contributed by atoms with Crippen LogP contribution in [0.2, 0.25) is 0 Å². The second kappa shape index (κ2) is 16.6. The summed E-state index contributed by atoms with van der Waals surface area (Å²) < 4.78 is 51.4. The van der Waals surface area contributed by atoms with E-state index in [1.165, 1.54) is 0 Å². The molecule has 47 heavy (non-hydrogen) atoms. The lowest BCUT2D eigenvalue weighted by atomic mass is 9.90. The molecule has 0 saturated heterocycles. The maximum absolute atomic E-state index is 14.6. The first kappa shape index (κ1) is 34.2. The molecule has 0 aliphatic carbocycles. The van der Waals surface area contributed by atoms with Crippen molar-refractivity contribution in [2.45, 2.75) is 43.1 Å². The Morgan fingerprint density at radius 3 is 2.04 bits per heavy atom. The van der Waals surface area contributed by atoms with E-state index in [0.717, 1.165) is 28.1 Å². The molecule has 1 heterocycles. The standard InChI is InChI=1S/C38H40ClF3N4O/c1-45-23-22-44-36(45)25-43-21-20-29-14-11-19-33(24-29)47-37(38(40,41)42)35(39)28-46(26-30-12-5-2-6-13-30)27-34(31-15-7-3-8-16-31)32-17-9-4-10-18-32/h2-19,22-24,34-35,37,43H,20-21,25-28H2,1H3. The zero-order valence-electron chi connectivity index (χ0n) is 26.4. The van der Waals surface area contributed by atoms with Crippen molar-refractivity contribution in [3.05, 3.63) is 156 Å². The summed E-state index contributed by atoms with van der Waals surface area (Å²) in [6, 6.07) is 36.6. The number of aromatic nitrogens is 2. The lowest BCUT2D eigenvalue weighted by Crippen LogP contribution is -2.47. The van der Waals surface area contributed by atoms with E-state index in [0.29, 0.717) is 32.6 Å². The van der Waals surface area contributed by atoms with E-state index in [1.807, 2.05) is 95.5 Å². The molecule has 1 N–H and O–H groups in total. The molecule has 5 aromatic rings. The third-order valence-corrected chi connectivity index (χ3v) is 8.50. The number of hydrogen-bond acceptors (Lipinski definition) is 4. The average Bonchev–Trinajstić information content (AvgIpc) is 3.49. The van der Waals surface area contributed by atoms with Gasteiger partial charge in [-0.05, 0) is 47.4 Å². The molecule has 9 heteroatoms. The fourth-order valence-electron chi connectivity index (χ4n) is 5.69. The molecule has 0 aliphatic heterocycles. The minimum Gasteiger partial charge on any atom is -0.479 e. The number of hydrogen-bond donors (Lipinski definition) is 1. The van der Waals surface area contributed by atoms with Gasteiger partial charge in [-0.1, -0.05) is 103 Å². The van der Waals surface area contributed by atoms with E-state index < -0.39 is 17.7 Å². The largest absolute Gasteiger partial charge is 0.479 e. The van der Waals surface area contributed by atoms with Gasteiger partial charge >= 0.3 is 6.18 Å². The number of ether oxygens (including phenoxy) is 1. The molecule has 0 spiro atoms. The van der Waals surface area contributed by atoms with Gasteiger partial charge in [-0.15, -0.1) is 11.6 Å². The first-order valence-corrected chi connectivity index (χ1v) is 16.2. The van der Waals surface area contributed by atoms with Crippen molar-refractivity contribution in [1.82, 2.24) is 19.8 Å². The van der Waals surface area contributed by atoms with Gasteiger partial charge in [-0.2, -0.15) is 13.2 Å². The predicted molar refractivity (Wildman–Crippen MR) is 182 cm³/mol. The second-order valence-electron chi connectivity index (χ2n) is 11.7. The predicted octanol–water partition coefficient (Wildman–Crippen LogP) is 8.00. The molecule has 0 saturated carbocycles. The van der Waals surface area contributed by atoms with Crippen LogP contribution in [0.1, 0.15) is 34.0 Å². The average molecular weight is 661 g/mol. The first-order chi connectivity index (χ1) is 22.8. The molecule has 246 valence electrons. The smallest absolute Gasteiger partial charge is 0.426 e. The van der Waals surface area contributed by atoms with Gasteiger partial charge in [0.1, 0.15) is 11.6 Å². The van der Waals surface area contributed by atoms with Gasteiger partial charge in [0.25, 0.3) is 0 Å². The van der Waals surface area contributed by atoms with Gasteiger partial charge in [-0.25, -0.2) is 4.98 Å². The minimum absolute atomic E-state index is 0.0341. The van der Waals surface area contributed by atoms with Gasteiger partial charge in [0.05, 0.1) is 11.9 Å². The highest BCUT2D eigenvalue weighted by Crippen LogP contribution is 2.32. The van der Waals surface area contributed by atoms with Crippen LogP contribution in [0.4, 0.5) is 13.2 Å². The van der Waals surface area contributed by atoms with Crippen molar-refractivity contribution in [1.29, 1.82) is 0 Å². The highest BCUT2D eigenvalue weighted by atomic mass is 35.5. The van der Waals surface area contributed by atoms with Crippen LogP contribution in [-0.2, 0) is 26.6 Å². The van der Waals surface area contributed by atoms with Crippen molar-refractivity contribution in [3.8, 4) is 5.75 Å². The quantitative estimate of drug-likeness (QED) is 0.0861. The summed E-state index contributed by atoms with van der Waals surface area (Å²) in [6.07, 6.45) is -2.64. The number of halogens is 4. The van der Waals surface area contributed by atoms with E-state index in [9.17, 15) is 13.2 Å². The highest BCUT2D eigenvalue weighted by molar-refractivity contribution is 6.21. The van der Waals surface area contributed by atoms with Crippen LogP contribution in [0.3, 0.4) is 0 Å². The monoisotopic (exact) mass is 660 g/mol. The maximum atomic E-state index is 14.6. The summed E-state index contributed by atoms with van der Waals surface area (Å²) in [6.45, 7) is 2.10. The van der Waals surface area contributed by atoms with Crippen LogP contribution >= 0.6 is 11.6 Å². The van der Waals surface area contributed by atoms with Crippen LogP contribution < -0.4 is 10.1 Å². The molecule has 5 nitrogen and oxygen atoms in total. The first-order valence-electron chi connectivity index (χ1n) is 15.8. The number of rotatable bonds is 16. The summed E-state index contributed by atoms with van der Waals surface area (Å²) in [5, 5.41) is 1.96. The Balaban J connectivity index is 1.31. The Bertz CT molecular complexity index is 1590. The Kier molecular flexibility index (Phi) is 12.1. The Morgan fingerprint density at radius 1 is 0.830 bits per heavy atom. The lowest BCUT2D eigenvalue weighted by Gasteiger charge is -2.33. The molecule has 5 rings (SSSR count). The molecule has 0 fully saturated rings. The van der Waals surface area contributed by atoms with Crippen LogP contribution in [0.15, 0.2) is 128 Å². The van der Waals surface area contributed by atoms with Crippen molar-refractivity contribution < 1.29 is 17.9 Å². The third-order valence-electron chi connectivity index (χ3n) is 8.13. The van der Waals surface area contributed by atoms with Crippen LogP contribution in [-0.4, -0.2) is 51.7 Å². The molecular weight excluding hydrogens is 621 g/mol. The van der Waals surface area contributed by atoms with Crippen molar-refractivity contribution in [2.24, 2.45) is 7.05 Å². The van der Waals surface area contributed by atoms with Gasteiger partial charge < -0.3 is 14.6 Å². The van der Waals surface area contributed by atoms with E-state index in [4.69, 9.17) is 16.3 Å². The molecule has 0 radical (unpaired) electrons. The Hall–Kier alpha value is -4.11. The van der Waals surface area contributed by atoms with Crippen molar-refractivity contribution >= 4 is 11.6 Å². The number of benzene rings is 4. The van der Waals surface area contributed by atoms with E-state index in [1.54, 1.807) is 24.4 Å². The molecule has 0 aliphatic rings. The summed E-state index contributed by atoms with van der Waals surface area (Å²) in [4.78, 5) is 6.30.